The lowest BCUT2D eigenvalue weighted by Gasteiger charge is -2.37. The number of H-pyrrole nitrogens is 2. The summed E-state index contributed by atoms with van der Waals surface area (Å²) < 4.78 is 61.1. The first-order valence-electron chi connectivity index (χ1n) is 35.4. The number of ether oxygens (including phenoxy) is 6. The van der Waals surface area contributed by atoms with E-state index in [9.17, 15) is 43.5 Å². The number of aryl methyl sites for hydroxylation is 4. The highest BCUT2D eigenvalue weighted by molar-refractivity contribution is 7.44. The van der Waals surface area contributed by atoms with E-state index in [4.69, 9.17) is 44.0 Å². The minimum atomic E-state index is -1.64. The first-order chi connectivity index (χ1) is 51.3. The average Bonchev–Trinajstić information content (AvgIpc) is 1.68. The number of aliphatic hydroxyl groups excluding tert-OH is 1. The van der Waals surface area contributed by atoms with E-state index in [-0.39, 0.29) is 112 Å². The highest BCUT2D eigenvalue weighted by atomic mass is 31.2. The highest BCUT2D eigenvalue weighted by Crippen LogP contribution is 2.50. The van der Waals surface area contributed by atoms with Gasteiger partial charge >= 0.3 is 22.8 Å². The second-order valence-electron chi connectivity index (χ2n) is 27.1. The molecular formula is C71H89N18O17P. The molecule has 0 spiro atoms. The Balaban J connectivity index is 0.000000219. The molecule has 13 atom stereocenters. The summed E-state index contributed by atoms with van der Waals surface area (Å²) >= 11 is 0. The van der Waals surface area contributed by atoms with Crippen molar-refractivity contribution >= 4 is 32.0 Å². The number of aromatic nitrogens is 14. The van der Waals surface area contributed by atoms with Crippen LogP contribution in [0.1, 0.15) is 159 Å². The van der Waals surface area contributed by atoms with Gasteiger partial charge in [-0.15, -0.1) is 10.2 Å². The van der Waals surface area contributed by atoms with Crippen LogP contribution < -0.4 is 44.5 Å². The Labute approximate surface area is 614 Å². The van der Waals surface area contributed by atoms with Crippen molar-refractivity contribution < 1.29 is 52.2 Å². The number of hydrogen-bond donors (Lipinski definition) is 5. The lowest BCUT2D eigenvalue weighted by molar-refractivity contribution is -0.0453. The fourth-order valence-corrected chi connectivity index (χ4v) is 14.8. The third-order valence-corrected chi connectivity index (χ3v) is 20.7. The van der Waals surface area contributed by atoms with Crippen LogP contribution in [0.25, 0.3) is 4.85 Å². The minimum absolute atomic E-state index is 0.0671. The maximum atomic E-state index is 13.2. The number of nitrogens with zero attached hydrogens (tertiary/aromatic N) is 14. The molecule has 0 radical (unpaired) electrons. The van der Waals surface area contributed by atoms with Gasteiger partial charge in [0.1, 0.15) is 66.8 Å². The minimum Gasteiger partial charge on any atom is -0.390 e. The number of hydrogen-bond acceptors (Lipinski definition) is 24. The Hall–Kier alpha value is -9.70. The van der Waals surface area contributed by atoms with Crippen molar-refractivity contribution in [3.8, 4) is 0 Å². The van der Waals surface area contributed by atoms with Gasteiger partial charge in [-0.1, -0.05) is 60.7 Å². The number of amides is 2. The van der Waals surface area contributed by atoms with Crippen LogP contribution in [0.15, 0.2) is 127 Å². The number of aromatic amines is 2. The van der Waals surface area contributed by atoms with Gasteiger partial charge in [0.25, 0.3) is 31.5 Å². The summed E-state index contributed by atoms with van der Waals surface area (Å²) in [6, 6.07) is 17.5. The summed E-state index contributed by atoms with van der Waals surface area (Å²) in [5.74, 6) is -0.356. The second-order valence-corrected chi connectivity index (χ2v) is 28.5. The lowest BCUT2D eigenvalue weighted by atomic mass is 10.1. The Kier molecular flexibility index (Phi) is 25.9. The first-order valence-corrected chi connectivity index (χ1v) is 36.6. The molecule has 570 valence electrons. The summed E-state index contributed by atoms with van der Waals surface area (Å²) in [4.78, 5) is 117. The second kappa shape index (κ2) is 35.3. The fourth-order valence-electron chi connectivity index (χ4n) is 13.1. The van der Waals surface area contributed by atoms with Gasteiger partial charge in [-0.3, -0.25) is 47.4 Å². The van der Waals surface area contributed by atoms with E-state index in [1.807, 2.05) is 26.0 Å². The number of rotatable bonds is 28. The van der Waals surface area contributed by atoms with Crippen LogP contribution in [0.4, 0.5) is 11.6 Å². The third kappa shape index (κ3) is 19.2. The summed E-state index contributed by atoms with van der Waals surface area (Å²) in [5.41, 5.74) is 0.680. The molecule has 35 nitrogen and oxygen atoms in total. The Morgan fingerprint density at radius 2 is 1.00 bits per heavy atom. The van der Waals surface area contributed by atoms with Crippen LogP contribution in [-0.2, 0) is 63.8 Å². The molecule has 107 heavy (non-hydrogen) atoms. The van der Waals surface area contributed by atoms with E-state index in [1.54, 1.807) is 106 Å². The molecule has 5 N–H and O–H groups in total. The van der Waals surface area contributed by atoms with E-state index >= 15 is 0 Å². The molecule has 4 saturated heterocycles. The summed E-state index contributed by atoms with van der Waals surface area (Å²) in [5, 5.41) is 33.1. The smallest absolute Gasteiger partial charge is 0.351 e. The summed E-state index contributed by atoms with van der Waals surface area (Å²) in [6.45, 7) is 27.1. The van der Waals surface area contributed by atoms with Gasteiger partial charge in [-0.05, 0) is 92.5 Å². The van der Waals surface area contributed by atoms with Crippen LogP contribution >= 0.6 is 8.53 Å². The van der Waals surface area contributed by atoms with Gasteiger partial charge in [-0.25, -0.2) is 39.8 Å². The number of carbonyl (C=O) groups excluding carboxylic acids is 2. The number of benzene rings is 2. The molecule has 5 unspecified atom stereocenters. The zero-order chi connectivity index (χ0) is 76.3. The highest BCUT2D eigenvalue weighted by Gasteiger charge is 2.44. The molecule has 6 aromatic heterocycles. The molecule has 4 aliphatic heterocycles. The monoisotopic (exact) mass is 1500 g/mol. The molecule has 36 heteroatoms. The Bertz CT molecular complexity index is 4810. The average molecular weight is 1500 g/mol. The molecule has 10 heterocycles. The maximum Gasteiger partial charge on any atom is 0.351 e. The molecule has 2 amide bonds. The Morgan fingerprint density at radius 1 is 0.589 bits per heavy atom. The molecule has 12 rings (SSSR count). The van der Waals surface area contributed by atoms with Gasteiger partial charge in [0, 0.05) is 95.9 Å². The predicted octanol–water partition coefficient (Wildman–Crippen LogP) is 5.68. The van der Waals surface area contributed by atoms with E-state index in [1.165, 1.54) is 35.3 Å². The van der Waals surface area contributed by atoms with Crippen molar-refractivity contribution in [2.24, 2.45) is 0 Å². The van der Waals surface area contributed by atoms with Gasteiger partial charge < -0.3 is 58.1 Å². The van der Waals surface area contributed by atoms with Crippen LogP contribution in [0, 0.1) is 34.3 Å². The van der Waals surface area contributed by atoms with Gasteiger partial charge in [0.2, 0.25) is 6.54 Å². The van der Waals surface area contributed by atoms with Crippen molar-refractivity contribution in [2.75, 3.05) is 23.8 Å². The van der Waals surface area contributed by atoms with E-state index in [0.29, 0.717) is 70.5 Å². The van der Waals surface area contributed by atoms with Crippen LogP contribution in [-0.4, -0.2) is 164 Å². The third-order valence-electron chi connectivity index (χ3n) is 18.6. The lowest BCUT2D eigenvalue weighted by Crippen LogP contribution is -2.36. The molecule has 0 bridgehead atoms. The number of nitrogens with one attached hydrogen (secondary N) is 4. The van der Waals surface area contributed by atoms with Crippen LogP contribution in [0.3, 0.4) is 0 Å². The largest absolute Gasteiger partial charge is 0.390 e. The topological polar surface area (TPSA) is 401 Å². The first kappa shape index (κ1) is 78.4. The quantitative estimate of drug-likeness (QED) is 0.0224. The normalized spacial score (nSPS) is 23.0. The Morgan fingerprint density at radius 3 is 1.45 bits per heavy atom. The van der Waals surface area contributed by atoms with Crippen molar-refractivity contribution in [1.29, 1.82) is 0 Å². The number of aliphatic hydroxyl groups is 1. The van der Waals surface area contributed by atoms with E-state index in [2.05, 4.69) is 88.4 Å². The van der Waals surface area contributed by atoms with Gasteiger partial charge in [-0.2, -0.15) is 9.97 Å². The van der Waals surface area contributed by atoms with E-state index in [0.717, 1.165) is 0 Å². The maximum absolute atomic E-state index is 13.2. The predicted molar refractivity (Wildman–Crippen MR) is 387 cm³/mol. The van der Waals surface area contributed by atoms with E-state index < -0.39 is 91.7 Å². The van der Waals surface area contributed by atoms with Crippen molar-refractivity contribution in [3.05, 3.63) is 217 Å². The van der Waals surface area contributed by atoms with Gasteiger partial charge in [0.15, 0.2) is 0 Å². The number of anilines is 2. The molecule has 0 saturated carbocycles. The molecule has 4 aliphatic rings. The van der Waals surface area contributed by atoms with Crippen molar-refractivity contribution in [1.82, 2.24) is 72.9 Å². The molecule has 4 fully saturated rings. The SMILES string of the molecule is CC[C@H]1O[C@@H](n2cc(C)c(NC(=O)c3ccccc3)nc2=O)CC1OCc1cn(C[C@H]2O[C@@H](n3cc(C)c(=O)[nH]c3=O)CC2O)nn1.[C-]#[N+]CCOP(OC1C[C@H](n2cc(C)c(=O)[nH]c2=O)O[C@@H]1Cn1cc(COC2C[C@H](n3cc(C)c(NC(=O)c4ccccc4)nc3=O)O[C@@H]2CC)nn1)N(C(C)C)C(C)C. The fraction of sp³-hybridized carbons (Fsp3) is 0.507. The van der Waals surface area contributed by atoms with Crippen LogP contribution in [0.5, 0.6) is 0 Å². The van der Waals surface area contributed by atoms with Crippen molar-refractivity contribution in [3.63, 3.8) is 0 Å². The van der Waals surface area contributed by atoms with Crippen molar-refractivity contribution in [2.45, 2.75) is 220 Å². The standard InChI is InChI=1S/C40H53N10O9P.C31H36N8O8/c1-9-30-31(17-34(57-30)48-19-26(6)36(43-39(48)53)42-38(52)28-13-11-10-12-14-28)55-23-29-21-47(46-45-29)22-33-32(18-35(58-33)49-20-27(7)37(51)44-40(49)54)59-60(56-16-15-41-8)50(24(2)3)25(4)5;1-4-22-23(11-26(46-22)38-12-17(2)27(33-30(38)43)32-29(42)19-8-6-5-7-9-19)45-16-20-14-37(36-35-20)15-24-21(40)10-25(47-24)39-13-18(3)28(41)34-31(39)44/h10-14,19-21,24-25,30-35H,9,15-18,22-23H2,1-7H3,(H,44,51,54)(H,42,43,52,53);5-9,12-14,21-26,40H,4,10-11,15-16H2,1-3H3,(H,34,41,44)(H,32,33,42,43)/t30-,31?,32?,33-,34-,35-,60?;21?,22-,23?,24-,25-,26-/m11/s1. The molecule has 0 aliphatic carbocycles. The summed E-state index contributed by atoms with van der Waals surface area (Å²) in [7, 11) is -1.64. The van der Waals surface area contributed by atoms with Crippen LogP contribution in [0.2, 0.25) is 0 Å². The molecule has 2 aromatic carbocycles. The molecular weight excluding hydrogens is 1410 g/mol. The zero-order valence-electron chi connectivity index (χ0n) is 61.0. The molecule has 8 aromatic rings. The van der Waals surface area contributed by atoms with Gasteiger partial charge in [0.05, 0.1) is 75.3 Å². The zero-order valence-corrected chi connectivity index (χ0v) is 61.9. The summed E-state index contributed by atoms with van der Waals surface area (Å²) in [6.07, 6.45) is 5.42. The number of carbonyl (C=O) groups is 2.